The van der Waals surface area contributed by atoms with E-state index in [1.54, 1.807) is 0 Å². The van der Waals surface area contributed by atoms with Crippen LogP contribution in [-0.2, 0) is 4.74 Å². The standard InChI is InChI=1S/C11H20BrNO/c1-9(2)4-5-13-7-11(6-12)14-8-10(13)3/h4,10-11H,5-8H2,1-3H3. The van der Waals surface area contributed by atoms with Gasteiger partial charge >= 0.3 is 0 Å². The topological polar surface area (TPSA) is 12.5 Å². The van der Waals surface area contributed by atoms with Gasteiger partial charge in [0.05, 0.1) is 12.7 Å². The van der Waals surface area contributed by atoms with Gasteiger partial charge in [0.2, 0.25) is 0 Å². The van der Waals surface area contributed by atoms with E-state index in [9.17, 15) is 0 Å². The molecule has 0 aromatic carbocycles. The molecule has 0 aromatic rings. The number of hydrogen-bond donors (Lipinski definition) is 0. The average Bonchev–Trinajstić information content (AvgIpc) is 2.16. The van der Waals surface area contributed by atoms with Crippen LogP contribution >= 0.6 is 15.9 Å². The Morgan fingerprint density at radius 3 is 2.86 bits per heavy atom. The number of rotatable bonds is 3. The highest BCUT2D eigenvalue weighted by atomic mass is 79.9. The second kappa shape index (κ2) is 5.89. The molecule has 0 bridgehead atoms. The van der Waals surface area contributed by atoms with Crippen LogP contribution in [0.15, 0.2) is 11.6 Å². The summed E-state index contributed by atoms with van der Waals surface area (Å²) in [6.07, 6.45) is 2.64. The third kappa shape index (κ3) is 3.71. The van der Waals surface area contributed by atoms with E-state index in [0.717, 1.165) is 25.0 Å². The van der Waals surface area contributed by atoms with Gasteiger partial charge in [-0.2, -0.15) is 0 Å². The minimum atomic E-state index is 0.358. The summed E-state index contributed by atoms with van der Waals surface area (Å²) in [5, 5.41) is 0.936. The molecule has 1 fully saturated rings. The van der Waals surface area contributed by atoms with E-state index in [1.165, 1.54) is 5.57 Å². The molecule has 2 atom stereocenters. The number of halogens is 1. The first-order valence-corrected chi connectivity index (χ1v) is 6.30. The highest BCUT2D eigenvalue weighted by molar-refractivity contribution is 9.09. The number of morpholine rings is 1. The lowest BCUT2D eigenvalue weighted by Crippen LogP contribution is -2.48. The highest BCUT2D eigenvalue weighted by Gasteiger charge is 2.24. The van der Waals surface area contributed by atoms with Crippen molar-refractivity contribution in [2.75, 3.05) is 25.0 Å². The molecule has 0 amide bonds. The maximum Gasteiger partial charge on any atom is 0.0799 e. The van der Waals surface area contributed by atoms with Gasteiger partial charge in [0.25, 0.3) is 0 Å². The Kier molecular flexibility index (Phi) is 5.13. The van der Waals surface area contributed by atoms with Crippen molar-refractivity contribution in [2.24, 2.45) is 0 Å². The maximum atomic E-state index is 5.67. The van der Waals surface area contributed by atoms with Gasteiger partial charge in [-0.05, 0) is 20.8 Å². The molecule has 2 nitrogen and oxygen atoms in total. The number of alkyl halides is 1. The minimum Gasteiger partial charge on any atom is -0.374 e. The molecule has 1 heterocycles. The van der Waals surface area contributed by atoms with Crippen LogP contribution < -0.4 is 0 Å². The predicted molar refractivity (Wildman–Crippen MR) is 64.0 cm³/mol. The van der Waals surface area contributed by atoms with Crippen LogP contribution in [-0.4, -0.2) is 42.1 Å². The van der Waals surface area contributed by atoms with Crippen molar-refractivity contribution in [1.82, 2.24) is 4.90 Å². The van der Waals surface area contributed by atoms with E-state index >= 15 is 0 Å². The summed E-state index contributed by atoms with van der Waals surface area (Å²) in [6, 6.07) is 0.542. The molecular weight excluding hydrogens is 242 g/mol. The van der Waals surface area contributed by atoms with E-state index in [-0.39, 0.29) is 0 Å². The lowest BCUT2D eigenvalue weighted by atomic mass is 10.2. The van der Waals surface area contributed by atoms with E-state index in [1.807, 2.05) is 0 Å². The number of ether oxygens (including phenoxy) is 1. The van der Waals surface area contributed by atoms with E-state index < -0.39 is 0 Å². The first-order valence-electron chi connectivity index (χ1n) is 5.18. The molecule has 82 valence electrons. The third-order valence-corrected chi connectivity index (χ3v) is 3.26. The van der Waals surface area contributed by atoms with Crippen molar-refractivity contribution in [1.29, 1.82) is 0 Å². The fourth-order valence-corrected chi connectivity index (χ4v) is 1.91. The lowest BCUT2D eigenvalue weighted by molar-refractivity contribution is -0.0420. The zero-order valence-corrected chi connectivity index (χ0v) is 10.9. The average molecular weight is 262 g/mol. The Morgan fingerprint density at radius 1 is 1.57 bits per heavy atom. The Balaban J connectivity index is 2.44. The van der Waals surface area contributed by atoms with Gasteiger partial charge in [-0.25, -0.2) is 0 Å². The van der Waals surface area contributed by atoms with Crippen molar-refractivity contribution in [2.45, 2.75) is 32.9 Å². The van der Waals surface area contributed by atoms with Crippen LogP contribution in [0.4, 0.5) is 0 Å². The molecule has 1 saturated heterocycles. The summed E-state index contributed by atoms with van der Waals surface area (Å²) in [5.41, 5.74) is 1.39. The van der Waals surface area contributed by atoms with Crippen LogP contribution in [0, 0.1) is 0 Å². The molecule has 0 saturated carbocycles. The Hall–Kier alpha value is 0.140. The van der Waals surface area contributed by atoms with Crippen molar-refractivity contribution < 1.29 is 4.74 Å². The Labute approximate surface area is 95.4 Å². The van der Waals surface area contributed by atoms with Gasteiger partial charge in [0, 0.05) is 24.5 Å². The zero-order valence-electron chi connectivity index (χ0n) is 9.29. The number of hydrogen-bond acceptors (Lipinski definition) is 2. The molecule has 0 spiro atoms. The summed E-state index contributed by atoms with van der Waals surface area (Å²) in [6.45, 7) is 9.46. The van der Waals surface area contributed by atoms with Crippen LogP contribution in [0.25, 0.3) is 0 Å². The van der Waals surface area contributed by atoms with Gasteiger partial charge in [0.1, 0.15) is 0 Å². The smallest absolute Gasteiger partial charge is 0.0799 e. The fourth-order valence-electron chi connectivity index (χ4n) is 1.52. The Bertz CT molecular complexity index is 201. The lowest BCUT2D eigenvalue weighted by Gasteiger charge is -2.36. The molecule has 2 unspecified atom stereocenters. The summed E-state index contributed by atoms with van der Waals surface area (Å²) < 4.78 is 5.67. The monoisotopic (exact) mass is 261 g/mol. The Morgan fingerprint density at radius 2 is 2.29 bits per heavy atom. The molecule has 1 aliphatic rings. The van der Waals surface area contributed by atoms with Crippen LogP contribution in [0.2, 0.25) is 0 Å². The summed E-state index contributed by atoms with van der Waals surface area (Å²) in [4.78, 5) is 2.47. The third-order valence-electron chi connectivity index (χ3n) is 2.54. The molecule has 0 N–H and O–H groups in total. The molecule has 3 heteroatoms. The molecule has 0 radical (unpaired) electrons. The fraction of sp³-hybridized carbons (Fsp3) is 0.818. The summed E-state index contributed by atoms with van der Waals surface area (Å²) in [5.74, 6) is 0. The zero-order chi connectivity index (χ0) is 10.6. The molecule has 0 aromatic heterocycles. The molecule has 14 heavy (non-hydrogen) atoms. The van der Waals surface area contributed by atoms with E-state index in [4.69, 9.17) is 4.74 Å². The largest absolute Gasteiger partial charge is 0.374 e. The van der Waals surface area contributed by atoms with Gasteiger partial charge in [-0.1, -0.05) is 27.6 Å². The second-order valence-corrected chi connectivity index (χ2v) is 4.84. The second-order valence-electron chi connectivity index (χ2n) is 4.19. The first kappa shape index (κ1) is 12.2. The van der Waals surface area contributed by atoms with Crippen LogP contribution in [0.5, 0.6) is 0 Å². The normalized spacial score (nSPS) is 28.9. The SMILES string of the molecule is CC(C)=CCN1CC(CBr)OCC1C. The minimum absolute atomic E-state index is 0.358. The molecule has 1 rings (SSSR count). The molecular formula is C11H20BrNO. The summed E-state index contributed by atoms with van der Waals surface area (Å²) in [7, 11) is 0. The molecule has 1 aliphatic heterocycles. The molecule has 0 aliphatic carbocycles. The summed E-state index contributed by atoms with van der Waals surface area (Å²) >= 11 is 3.47. The van der Waals surface area contributed by atoms with Crippen LogP contribution in [0.3, 0.4) is 0 Å². The maximum absolute atomic E-state index is 5.67. The van der Waals surface area contributed by atoms with Gasteiger partial charge in [-0.3, -0.25) is 4.90 Å². The van der Waals surface area contributed by atoms with Gasteiger partial charge in [-0.15, -0.1) is 0 Å². The van der Waals surface area contributed by atoms with E-state index in [0.29, 0.717) is 12.1 Å². The van der Waals surface area contributed by atoms with Gasteiger partial charge in [0.15, 0.2) is 0 Å². The number of allylic oxidation sites excluding steroid dienone is 1. The highest BCUT2D eigenvalue weighted by Crippen LogP contribution is 2.13. The van der Waals surface area contributed by atoms with E-state index in [2.05, 4.69) is 47.7 Å². The quantitative estimate of drug-likeness (QED) is 0.572. The van der Waals surface area contributed by atoms with Crippen molar-refractivity contribution in [3.05, 3.63) is 11.6 Å². The first-order chi connectivity index (χ1) is 6.63. The predicted octanol–water partition coefficient (Wildman–Crippen LogP) is 2.44. The van der Waals surface area contributed by atoms with Crippen molar-refractivity contribution in [3.8, 4) is 0 Å². The van der Waals surface area contributed by atoms with Crippen molar-refractivity contribution in [3.63, 3.8) is 0 Å². The van der Waals surface area contributed by atoms with Crippen LogP contribution in [0.1, 0.15) is 20.8 Å². The number of nitrogens with zero attached hydrogens (tertiary/aromatic N) is 1. The van der Waals surface area contributed by atoms with Crippen molar-refractivity contribution >= 4 is 15.9 Å². The van der Waals surface area contributed by atoms with Gasteiger partial charge < -0.3 is 4.74 Å².